The van der Waals surface area contributed by atoms with E-state index in [1.54, 1.807) is 0 Å². The Morgan fingerprint density at radius 3 is 2.55 bits per heavy atom. The SMILES string of the molecule is CCCC(C)(C)C=COC=O. The quantitative estimate of drug-likeness (QED) is 0.451. The Morgan fingerprint density at radius 2 is 2.09 bits per heavy atom. The van der Waals surface area contributed by atoms with Gasteiger partial charge in [0.2, 0.25) is 0 Å². The predicted molar refractivity (Wildman–Crippen MR) is 45.0 cm³/mol. The summed E-state index contributed by atoms with van der Waals surface area (Å²) in [5.74, 6) is 0. The van der Waals surface area contributed by atoms with E-state index in [1.165, 1.54) is 6.26 Å². The number of allylic oxidation sites excluding steroid dienone is 1. The van der Waals surface area contributed by atoms with E-state index in [-0.39, 0.29) is 5.41 Å². The van der Waals surface area contributed by atoms with Crippen LogP contribution in [0.3, 0.4) is 0 Å². The third-order valence-electron chi connectivity index (χ3n) is 1.55. The van der Waals surface area contributed by atoms with Crippen molar-refractivity contribution >= 4 is 6.47 Å². The first kappa shape index (κ1) is 10.2. The number of carbonyl (C=O) groups excluding carboxylic acids is 1. The van der Waals surface area contributed by atoms with Gasteiger partial charge < -0.3 is 4.74 Å². The molecule has 0 rings (SSSR count). The fourth-order valence-electron chi connectivity index (χ4n) is 0.983. The summed E-state index contributed by atoms with van der Waals surface area (Å²) in [6.45, 7) is 6.79. The van der Waals surface area contributed by atoms with Crippen LogP contribution in [0.1, 0.15) is 33.6 Å². The molecule has 0 spiro atoms. The molecule has 0 radical (unpaired) electrons. The number of rotatable bonds is 5. The standard InChI is InChI=1S/C9H16O2/c1-4-5-9(2,3)6-7-11-8-10/h6-8H,4-5H2,1-3H3. The molecule has 0 amide bonds. The highest BCUT2D eigenvalue weighted by Gasteiger charge is 2.11. The summed E-state index contributed by atoms with van der Waals surface area (Å²) in [4.78, 5) is 9.78. The second-order valence-electron chi connectivity index (χ2n) is 3.27. The van der Waals surface area contributed by atoms with Crippen LogP contribution in [0.4, 0.5) is 0 Å². The van der Waals surface area contributed by atoms with Crippen molar-refractivity contribution in [2.75, 3.05) is 0 Å². The Kier molecular flexibility index (Phi) is 4.59. The monoisotopic (exact) mass is 156 g/mol. The molecular weight excluding hydrogens is 140 g/mol. The van der Waals surface area contributed by atoms with Crippen LogP contribution in [-0.2, 0) is 9.53 Å². The van der Waals surface area contributed by atoms with Gasteiger partial charge in [-0.2, -0.15) is 0 Å². The molecule has 0 bridgehead atoms. The summed E-state index contributed by atoms with van der Waals surface area (Å²) in [5, 5.41) is 0. The average Bonchev–Trinajstić information content (AvgIpc) is 1.87. The van der Waals surface area contributed by atoms with Crippen LogP contribution in [0.25, 0.3) is 0 Å². The van der Waals surface area contributed by atoms with Crippen LogP contribution >= 0.6 is 0 Å². The molecule has 0 heterocycles. The number of hydrogen-bond donors (Lipinski definition) is 0. The molecule has 2 heteroatoms. The number of ether oxygens (including phenoxy) is 1. The smallest absolute Gasteiger partial charge is 0.297 e. The highest BCUT2D eigenvalue weighted by molar-refractivity contribution is 5.38. The molecule has 64 valence electrons. The summed E-state index contributed by atoms with van der Waals surface area (Å²) in [7, 11) is 0. The topological polar surface area (TPSA) is 26.3 Å². The first-order chi connectivity index (χ1) is 5.12. The van der Waals surface area contributed by atoms with Crippen molar-refractivity contribution in [2.24, 2.45) is 5.41 Å². The van der Waals surface area contributed by atoms with Gasteiger partial charge in [0.1, 0.15) is 0 Å². The lowest BCUT2D eigenvalue weighted by Gasteiger charge is -2.17. The third-order valence-corrected chi connectivity index (χ3v) is 1.55. The van der Waals surface area contributed by atoms with Crippen LogP contribution in [0.2, 0.25) is 0 Å². The van der Waals surface area contributed by atoms with Gasteiger partial charge in [0.25, 0.3) is 6.47 Å². The van der Waals surface area contributed by atoms with Gasteiger partial charge in [0.15, 0.2) is 0 Å². The van der Waals surface area contributed by atoms with Crippen molar-refractivity contribution in [2.45, 2.75) is 33.6 Å². The minimum absolute atomic E-state index is 0.137. The molecule has 0 N–H and O–H groups in total. The molecule has 0 saturated carbocycles. The van der Waals surface area contributed by atoms with Gasteiger partial charge in [0.05, 0.1) is 6.26 Å². The third kappa shape index (κ3) is 5.64. The summed E-state index contributed by atoms with van der Waals surface area (Å²) in [6, 6.07) is 0. The molecular formula is C9H16O2. The Bertz CT molecular complexity index is 136. The van der Waals surface area contributed by atoms with E-state index in [2.05, 4.69) is 25.5 Å². The molecule has 0 aromatic rings. The number of hydrogen-bond acceptors (Lipinski definition) is 2. The minimum atomic E-state index is 0.137. The zero-order chi connectivity index (χ0) is 8.74. The van der Waals surface area contributed by atoms with E-state index >= 15 is 0 Å². The molecule has 11 heavy (non-hydrogen) atoms. The second kappa shape index (κ2) is 4.94. The zero-order valence-corrected chi connectivity index (χ0v) is 7.46. The first-order valence-electron chi connectivity index (χ1n) is 3.89. The van der Waals surface area contributed by atoms with Crippen molar-refractivity contribution in [1.29, 1.82) is 0 Å². The largest absolute Gasteiger partial charge is 0.437 e. The summed E-state index contributed by atoms with van der Waals surface area (Å²) in [5.41, 5.74) is 0.137. The molecule has 0 aromatic carbocycles. The van der Waals surface area contributed by atoms with Gasteiger partial charge in [-0.1, -0.05) is 27.2 Å². The Labute approximate surface area is 68.2 Å². The van der Waals surface area contributed by atoms with Gasteiger partial charge in [0, 0.05) is 0 Å². The summed E-state index contributed by atoms with van der Waals surface area (Å²) < 4.78 is 4.45. The van der Waals surface area contributed by atoms with Gasteiger partial charge in [-0.15, -0.1) is 0 Å². The maximum atomic E-state index is 9.78. The maximum absolute atomic E-state index is 9.78. The fraction of sp³-hybridized carbons (Fsp3) is 0.667. The van der Waals surface area contributed by atoms with Gasteiger partial charge in [-0.05, 0) is 17.9 Å². The summed E-state index contributed by atoms with van der Waals surface area (Å²) >= 11 is 0. The lowest BCUT2D eigenvalue weighted by Crippen LogP contribution is -2.06. The van der Waals surface area contributed by atoms with Crippen molar-refractivity contribution < 1.29 is 9.53 Å². The van der Waals surface area contributed by atoms with E-state index in [0.717, 1.165) is 12.8 Å². The number of carbonyl (C=O) groups is 1. The van der Waals surface area contributed by atoms with Crippen LogP contribution in [0.15, 0.2) is 12.3 Å². The minimum Gasteiger partial charge on any atom is -0.437 e. The zero-order valence-electron chi connectivity index (χ0n) is 7.46. The molecule has 2 nitrogen and oxygen atoms in total. The van der Waals surface area contributed by atoms with E-state index in [0.29, 0.717) is 6.47 Å². The van der Waals surface area contributed by atoms with E-state index in [1.807, 2.05) is 6.08 Å². The highest BCUT2D eigenvalue weighted by atomic mass is 16.5. The Balaban J connectivity index is 3.78. The van der Waals surface area contributed by atoms with Crippen molar-refractivity contribution in [3.63, 3.8) is 0 Å². The summed E-state index contributed by atoms with van der Waals surface area (Å²) in [6.07, 6.45) is 5.59. The molecule has 0 aliphatic heterocycles. The molecule has 0 aliphatic rings. The molecule has 0 fully saturated rings. The van der Waals surface area contributed by atoms with Gasteiger partial charge in [-0.3, -0.25) is 4.79 Å². The Hall–Kier alpha value is -0.790. The van der Waals surface area contributed by atoms with Crippen LogP contribution in [-0.4, -0.2) is 6.47 Å². The molecule has 0 saturated heterocycles. The lowest BCUT2D eigenvalue weighted by molar-refractivity contribution is -0.123. The second-order valence-corrected chi connectivity index (χ2v) is 3.27. The average molecular weight is 156 g/mol. The first-order valence-corrected chi connectivity index (χ1v) is 3.89. The van der Waals surface area contributed by atoms with E-state index in [4.69, 9.17) is 0 Å². The van der Waals surface area contributed by atoms with Crippen molar-refractivity contribution in [3.8, 4) is 0 Å². The van der Waals surface area contributed by atoms with Gasteiger partial charge in [-0.25, -0.2) is 0 Å². The Morgan fingerprint density at radius 1 is 1.45 bits per heavy atom. The molecule has 0 aliphatic carbocycles. The van der Waals surface area contributed by atoms with Gasteiger partial charge >= 0.3 is 0 Å². The molecule has 0 atom stereocenters. The van der Waals surface area contributed by atoms with Crippen molar-refractivity contribution in [3.05, 3.63) is 12.3 Å². The lowest BCUT2D eigenvalue weighted by atomic mass is 9.88. The van der Waals surface area contributed by atoms with Crippen LogP contribution in [0.5, 0.6) is 0 Å². The molecule has 0 aromatic heterocycles. The van der Waals surface area contributed by atoms with Crippen molar-refractivity contribution in [1.82, 2.24) is 0 Å². The maximum Gasteiger partial charge on any atom is 0.297 e. The van der Waals surface area contributed by atoms with Crippen LogP contribution < -0.4 is 0 Å². The van der Waals surface area contributed by atoms with E-state index < -0.39 is 0 Å². The van der Waals surface area contributed by atoms with Crippen LogP contribution in [0, 0.1) is 5.41 Å². The molecule has 0 unspecified atom stereocenters. The highest BCUT2D eigenvalue weighted by Crippen LogP contribution is 2.23. The normalized spacial score (nSPS) is 11.9. The van der Waals surface area contributed by atoms with E-state index in [9.17, 15) is 4.79 Å². The fourth-order valence-corrected chi connectivity index (χ4v) is 0.983. The predicted octanol–water partition coefficient (Wildman–Crippen LogP) is 2.50.